The summed E-state index contributed by atoms with van der Waals surface area (Å²) in [5.41, 5.74) is -0.856. The van der Waals surface area contributed by atoms with Gasteiger partial charge >= 0.3 is 0 Å². The van der Waals surface area contributed by atoms with Gasteiger partial charge in [-0.05, 0) is 27.0 Å². The van der Waals surface area contributed by atoms with Crippen molar-refractivity contribution in [1.29, 1.82) is 0 Å². The predicted octanol–water partition coefficient (Wildman–Crippen LogP) is 2.03. The molecule has 0 aliphatic rings. The molecule has 0 atom stereocenters. The Morgan fingerprint density at radius 3 is 2.68 bits per heavy atom. The summed E-state index contributed by atoms with van der Waals surface area (Å²) in [6.07, 6.45) is 1.41. The molecule has 0 radical (unpaired) electrons. The zero-order valence-corrected chi connectivity index (χ0v) is 12.6. The lowest BCUT2D eigenvalue weighted by molar-refractivity contribution is -0.117. The number of hydrogen-bond acceptors (Lipinski definition) is 4. The van der Waals surface area contributed by atoms with Crippen LogP contribution in [-0.4, -0.2) is 46.6 Å². The number of aromatic nitrogens is 1. The van der Waals surface area contributed by atoms with E-state index in [4.69, 9.17) is 23.2 Å². The molecule has 5 nitrogen and oxygen atoms in total. The van der Waals surface area contributed by atoms with Gasteiger partial charge in [0.15, 0.2) is 5.82 Å². The highest BCUT2D eigenvalue weighted by Crippen LogP contribution is 2.22. The van der Waals surface area contributed by atoms with Gasteiger partial charge in [-0.3, -0.25) is 9.69 Å². The van der Waals surface area contributed by atoms with Gasteiger partial charge in [0.2, 0.25) is 5.91 Å². The number of carbonyl (C=O) groups is 1. The van der Waals surface area contributed by atoms with Crippen molar-refractivity contribution in [2.24, 2.45) is 0 Å². The molecule has 2 N–H and O–H groups in total. The number of aliphatic hydroxyl groups is 1. The van der Waals surface area contributed by atoms with Gasteiger partial charge in [0.05, 0.1) is 22.2 Å². The Morgan fingerprint density at radius 2 is 2.16 bits per heavy atom. The lowest BCUT2D eigenvalue weighted by Gasteiger charge is -2.24. The molecule has 0 saturated heterocycles. The molecule has 0 fully saturated rings. The molecule has 0 bridgehead atoms. The fraction of sp³-hybridized carbons (Fsp3) is 0.500. The van der Waals surface area contributed by atoms with E-state index in [0.717, 1.165) is 0 Å². The van der Waals surface area contributed by atoms with Gasteiger partial charge in [0, 0.05) is 12.7 Å². The Morgan fingerprint density at radius 1 is 1.53 bits per heavy atom. The molecule has 19 heavy (non-hydrogen) atoms. The van der Waals surface area contributed by atoms with E-state index >= 15 is 0 Å². The molecule has 0 aromatic carbocycles. The third-order valence-corrected chi connectivity index (χ3v) is 2.63. The Bertz CT molecular complexity index is 461. The molecule has 0 spiro atoms. The lowest BCUT2D eigenvalue weighted by atomic mass is 10.1. The third-order valence-electron chi connectivity index (χ3n) is 2.14. The number of nitrogens with zero attached hydrogens (tertiary/aromatic N) is 2. The van der Waals surface area contributed by atoms with E-state index in [-0.39, 0.29) is 23.3 Å². The van der Waals surface area contributed by atoms with Gasteiger partial charge in [-0.15, -0.1) is 0 Å². The topological polar surface area (TPSA) is 65.5 Å². The number of anilines is 1. The SMILES string of the molecule is CN(CC(=O)Nc1ncc(Cl)cc1Cl)CC(C)(C)O. The minimum atomic E-state index is -0.856. The first-order valence-electron chi connectivity index (χ1n) is 5.69. The third kappa shape index (κ3) is 6.20. The normalized spacial score (nSPS) is 11.7. The molecule has 0 unspecified atom stereocenters. The fourth-order valence-corrected chi connectivity index (χ4v) is 2.07. The van der Waals surface area contributed by atoms with E-state index in [1.165, 1.54) is 12.3 Å². The van der Waals surface area contributed by atoms with E-state index in [0.29, 0.717) is 11.6 Å². The summed E-state index contributed by atoms with van der Waals surface area (Å²) in [6.45, 7) is 3.87. The molecule has 0 saturated carbocycles. The molecule has 1 aromatic heterocycles. The molecular weight excluding hydrogens is 289 g/mol. The largest absolute Gasteiger partial charge is 0.389 e. The van der Waals surface area contributed by atoms with Crippen molar-refractivity contribution in [2.75, 3.05) is 25.5 Å². The Hall–Kier alpha value is -0.880. The number of hydrogen-bond donors (Lipinski definition) is 2. The summed E-state index contributed by atoms with van der Waals surface area (Å²) in [5, 5.41) is 12.9. The zero-order chi connectivity index (χ0) is 14.6. The van der Waals surface area contributed by atoms with Crippen molar-refractivity contribution in [1.82, 2.24) is 9.88 Å². The standard InChI is InChI=1S/C12H17Cl2N3O2/c1-12(2,19)7-17(3)6-10(18)16-11-9(14)4-8(13)5-15-11/h4-5,19H,6-7H2,1-3H3,(H,15,16,18). The molecule has 1 amide bonds. The van der Waals surface area contributed by atoms with Gasteiger partial charge in [-0.25, -0.2) is 4.98 Å². The van der Waals surface area contributed by atoms with Gasteiger partial charge in [0.25, 0.3) is 0 Å². The molecule has 0 aliphatic carbocycles. The van der Waals surface area contributed by atoms with E-state index in [2.05, 4.69) is 10.3 Å². The van der Waals surface area contributed by atoms with Crippen LogP contribution < -0.4 is 5.32 Å². The average molecular weight is 306 g/mol. The predicted molar refractivity (Wildman–Crippen MR) is 76.7 cm³/mol. The Labute approximate surface area is 122 Å². The molecule has 0 aliphatic heterocycles. The van der Waals surface area contributed by atoms with E-state index in [1.54, 1.807) is 25.8 Å². The number of rotatable bonds is 5. The van der Waals surface area contributed by atoms with E-state index in [9.17, 15) is 9.90 Å². The highest BCUT2D eigenvalue weighted by Gasteiger charge is 2.18. The fourth-order valence-electron chi connectivity index (χ4n) is 1.64. The van der Waals surface area contributed by atoms with Crippen LogP contribution in [0.3, 0.4) is 0 Å². The minimum absolute atomic E-state index is 0.130. The highest BCUT2D eigenvalue weighted by atomic mass is 35.5. The van der Waals surface area contributed by atoms with E-state index < -0.39 is 5.60 Å². The van der Waals surface area contributed by atoms with Crippen LogP contribution in [0.15, 0.2) is 12.3 Å². The second-order valence-electron chi connectivity index (χ2n) is 5.02. The second kappa shape index (κ2) is 6.52. The number of nitrogens with one attached hydrogen (secondary N) is 1. The molecule has 1 heterocycles. The van der Waals surface area contributed by atoms with Crippen LogP contribution in [0.5, 0.6) is 0 Å². The van der Waals surface area contributed by atoms with Crippen molar-refractivity contribution in [2.45, 2.75) is 19.4 Å². The van der Waals surface area contributed by atoms with Crippen molar-refractivity contribution in [3.63, 3.8) is 0 Å². The maximum Gasteiger partial charge on any atom is 0.239 e. The first-order chi connectivity index (χ1) is 8.67. The number of halogens is 2. The minimum Gasteiger partial charge on any atom is -0.389 e. The van der Waals surface area contributed by atoms with Crippen LogP contribution in [0.2, 0.25) is 10.0 Å². The maximum absolute atomic E-state index is 11.8. The van der Waals surface area contributed by atoms with Crippen LogP contribution in [0.4, 0.5) is 5.82 Å². The first-order valence-corrected chi connectivity index (χ1v) is 6.45. The summed E-state index contributed by atoms with van der Waals surface area (Å²) < 4.78 is 0. The van der Waals surface area contributed by atoms with Crippen molar-refractivity contribution in [3.8, 4) is 0 Å². The van der Waals surface area contributed by atoms with Gasteiger partial charge < -0.3 is 10.4 Å². The van der Waals surface area contributed by atoms with Crippen LogP contribution >= 0.6 is 23.2 Å². The monoisotopic (exact) mass is 305 g/mol. The molecule has 1 rings (SSSR count). The Balaban J connectivity index is 2.56. The van der Waals surface area contributed by atoms with Crippen molar-refractivity contribution in [3.05, 3.63) is 22.3 Å². The second-order valence-corrected chi connectivity index (χ2v) is 5.86. The van der Waals surface area contributed by atoms with Crippen LogP contribution in [0, 0.1) is 0 Å². The lowest BCUT2D eigenvalue weighted by Crippen LogP contribution is -2.40. The van der Waals surface area contributed by atoms with Crippen LogP contribution in [-0.2, 0) is 4.79 Å². The quantitative estimate of drug-likeness (QED) is 0.873. The summed E-state index contributed by atoms with van der Waals surface area (Å²) in [4.78, 5) is 17.4. The first kappa shape index (κ1) is 16.2. The smallest absolute Gasteiger partial charge is 0.239 e. The Kier molecular flexibility index (Phi) is 5.55. The van der Waals surface area contributed by atoms with Gasteiger partial charge in [-0.1, -0.05) is 23.2 Å². The van der Waals surface area contributed by atoms with Crippen molar-refractivity contribution >= 4 is 34.9 Å². The molecule has 7 heteroatoms. The van der Waals surface area contributed by atoms with Crippen molar-refractivity contribution < 1.29 is 9.90 Å². The molecular formula is C12H17Cl2N3O2. The number of carbonyl (C=O) groups excluding carboxylic acids is 1. The average Bonchev–Trinajstić information content (AvgIpc) is 2.19. The number of amides is 1. The van der Waals surface area contributed by atoms with Gasteiger partial charge in [-0.2, -0.15) is 0 Å². The van der Waals surface area contributed by atoms with Crippen LogP contribution in [0.1, 0.15) is 13.8 Å². The highest BCUT2D eigenvalue weighted by molar-refractivity contribution is 6.36. The molecule has 106 valence electrons. The molecule has 1 aromatic rings. The summed E-state index contributed by atoms with van der Waals surface area (Å²) in [5.74, 6) is 0.0104. The summed E-state index contributed by atoms with van der Waals surface area (Å²) >= 11 is 11.6. The summed E-state index contributed by atoms with van der Waals surface area (Å²) in [6, 6.07) is 1.51. The maximum atomic E-state index is 11.8. The van der Waals surface area contributed by atoms with Gasteiger partial charge in [0.1, 0.15) is 0 Å². The van der Waals surface area contributed by atoms with Crippen LogP contribution in [0.25, 0.3) is 0 Å². The summed E-state index contributed by atoms with van der Waals surface area (Å²) in [7, 11) is 1.74. The zero-order valence-electron chi connectivity index (χ0n) is 11.1. The van der Waals surface area contributed by atoms with E-state index in [1.807, 2.05) is 0 Å². The number of likely N-dealkylation sites (N-methyl/N-ethyl adjacent to an activating group) is 1. The number of pyridine rings is 1.